The van der Waals surface area contributed by atoms with E-state index in [1.165, 1.54) is 19.3 Å². The van der Waals surface area contributed by atoms with E-state index >= 15 is 0 Å². The molecular weight excluding hydrogens is 296 g/mol. The Morgan fingerprint density at radius 1 is 1.13 bits per heavy atom. The van der Waals surface area contributed by atoms with E-state index in [2.05, 4.69) is 5.32 Å². The summed E-state index contributed by atoms with van der Waals surface area (Å²) in [6, 6.07) is 9.00. The van der Waals surface area contributed by atoms with Crippen LogP contribution >= 0.6 is 0 Å². The van der Waals surface area contributed by atoms with Crippen LogP contribution in [0.4, 0.5) is 0 Å². The maximum atomic E-state index is 10.4. The molecule has 1 aromatic carbocycles. The van der Waals surface area contributed by atoms with Crippen LogP contribution in [0.3, 0.4) is 0 Å². The fourth-order valence-electron chi connectivity index (χ4n) is 2.49. The van der Waals surface area contributed by atoms with Gasteiger partial charge in [0.15, 0.2) is 0 Å². The zero-order valence-corrected chi connectivity index (χ0v) is 13.3. The van der Waals surface area contributed by atoms with E-state index in [9.17, 15) is 9.59 Å². The summed E-state index contributed by atoms with van der Waals surface area (Å²) in [4.78, 5) is 20.6. The quantitative estimate of drug-likeness (QED) is 0.633. The lowest BCUT2D eigenvalue weighted by Gasteiger charge is -2.21. The highest BCUT2D eigenvalue weighted by Gasteiger charge is 2.13. The molecule has 128 valence electrons. The predicted octanol–water partition coefficient (Wildman–Crippen LogP) is 1.63. The lowest BCUT2D eigenvalue weighted by atomic mass is 9.96. The van der Waals surface area contributed by atoms with E-state index < -0.39 is 18.0 Å². The number of aliphatic carboxylic acids is 2. The molecule has 23 heavy (non-hydrogen) atoms. The average Bonchev–Trinajstić information content (AvgIpc) is 2.55. The second-order valence-electron chi connectivity index (χ2n) is 5.74. The summed E-state index contributed by atoms with van der Waals surface area (Å²) in [7, 11) is 0. The van der Waals surface area contributed by atoms with Gasteiger partial charge < -0.3 is 21.3 Å². The van der Waals surface area contributed by atoms with E-state index in [1.54, 1.807) is 0 Å². The molecule has 1 aromatic rings. The fraction of sp³-hybridized carbons (Fsp3) is 0.529. The summed E-state index contributed by atoms with van der Waals surface area (Å²) in [5, 5.41) is 19.9. The van der Waals surface area contributed by atoms with Crippen LogP contribution in [-0.2, 0) is 16.0 Å². The Balaban J connectivity index is 0.000000231. The van der Waals surface area contributed by atoms with Gasteiger partial charge in [0.1, 0.15) is 6.04 Å². The molecule has 0 heterocycles. The summed E-state index contributed by atoms with van der Waals surface area (Å²) in [5.74, 6) is -1.71. The highest BCUT2D eigenvalue weighted by atomic mass is 16.4. The Morgan fingerprint density at radius 3 is 2.26 bits per heavy atom. The fourth-order valence-corrected chi connectivity index (χ4v) is 2.49. The molecule has 0 amide bonds. The number of nitrogens with one attached hydrogen (secondary N) is 1. The molecule has 6 heteroatoms. The zero-order valence-electron chi connectivity index (χ0n) is 13.3. The third kappa shape index (κ3) is 8.95. The minimum absolute atomic E-state index is 0.116. The van der Waals surface area contributed by atoms with Crippen molar-refractivity contribution in [1.82, 2.24) is 5.32 Å². The van der Waals surface area contributed by atoms with Crippen molar-refractivity contribution in [2.24, 2.45) is 5.73 Å². The van der Waals surface area contributed by atoms with Crippen molar-refractivity contribution in [3.8, 4) is 0 Å². The minimum atomic E-state index is -0.959. The molecule has 0 unspecified atom stereocenters. The van der Waals surface area contributed by atoms with Crippen LogP contribution in [0.2, 0.25) is 0 Å². The number of carbonyl (C=O) groups is 2. The Morgan fingerprint density at radius 2 is 1.74 bits per heavy atom. The Kier molecular flexibility index (Phi) is 8.94. The number of hydrogen-bond acceptors (Lipinski definition) is 4. The number of carboxylic acids is 2. The minimum Gasteiger partial charge on any atom is -0.480 e. The van der Waals surface area contributed by atoms with Crippen molar-refractivity contribution < 1.29 is 19.8 Å². The highest BCUT2D eigenvalue weighted by Crippen LogP contribution is 2.16. The summed E-state index contributed by atoms with van der Waals surface area (Å²) in [6.45, 7) is 0.116. The summed E-state index contributed by atoms with van der Waals surface area (Å²) >= 11 is 0. The Hall–Kier alpha value is -1.92. The molecule has 0 aromatic heterocycles. The number of nitrogens with two attached hydrogens (primary N) is 1. The molecule has 0 bridgehead atoms. The predicted molar refractivity (Wildman–Crippen MR) is 88.3 cm³/mol. The van der Waals surface area contributed by atoms with Gasteiger partial charge in [-0.1, -0.05) is 49.6 Å². The third-order valence-electron chi connectivity index (χ3n) is 3.76. The van der Waals surface area contributed by atoms with E-state index in [0.717, 1.165) is 18.4 Å². The lowest BCUT2D eigenvalue weighted by Crippen LogP contribution is -2.34. The van der Waals surface area contributed by atoms with Crippen LogP contribution in [0.1, 0.15) is 37.7 Å². The first-order valence-corrected chi connectivity index (χ1v) is 7.96. The molecule has 0 aliphatic heterocycles. The first kappa shape index (κ1) is 19.1. The van der Waals surface area contributed by atoms with Crippen molar-refractivity contribution in [3.63, 3.8) is 0 Å². The second kappa shape index (κ2) is 10.7. The third-order valence-corrected chi connectivity index (χ3v) is 3.76. The Labute approximate surface area is 136 Å². The summed E-state index contributed by atoms with van der Waals surface area (Å²) in [5.41, 5.74) is 6.30. The van der Waals surface area contributed by atoms with Crippen LogP contribution in [-0.4, -0.2) is 40.8 Å². The van der Waals surface area contributed by atoms with Gasteiger partial charge in [0.05, 0.1) is 6.54 Å². The van der Waals surface area contributed by atoms with Gasteiger partial charge in [-0.05, 0) is 24.8 Å². The molecule has 0 spiro atoms. The standard InChI is InChI=1S/C9H11NO2.C8H15NO2/c10-8(9(11)12)6-7-4-2-1-3-5-7;10-8(11)6-9-7-4-2-1-3-5-7/h1-5,8H,6,10H2,(H,11,12);7,9H,1-6H2,(H,10,11)/t8-;/m0./s1. The lowest BCUT2D eigenvalue weighted by molar-refractivity contribution is -0.138. The van der Waals surface area contributed by atoms with Crippen LogP contribution in [0.25, 0.3) is 0 Å². The zero-order chi connectivity index (χ0) is 17.1. The number of rotatable bonds is 6. The van der Waals surface area contributed by atoms with Crippen molar-refractivity contribution in [2.75, 3.05) is 6.54 Å². The maximum absolute atomic E-state index is 10.4. The maximum Gasteiger partial charge on any atom is 0.320 e. The van der Waals surface area contributed by atoms with E-state index in [4.69, 9.17) is 15.9 Å². The van der Waals surface area contributed by atoms with Gasteiger partial charge in [0, 0.05) is 6.04 Å². The SMILES string of the molecule is N[C@@H](Cc1ccccc1)C(=O)O.O=C(O)CNC1CCCCC1. The first-order valence-electron chi connectivity index (χ1n) is 7.96. The molecule has 5 N–H and O–H groups in total. The smallest absolute Gasteiger partial charge is 0.320 e. The van der Waals surface area contributed by atoms with Crippen LogP contribution < -0.4 is 11.1 Å². The molecule has 6 nitrogen and oxygen atoms in total. The summed E-state index contributed by atoms with van der Waals surface area (Å²) in [6.07, 6.45) is 6.48. The molecule has 0 radical (unpaired) electrons. The highest BCUT2D eigenvalue weighted by molar-refractivity contribution is 5.73. The first-order chi connectivity index (χ1) is 11.0. The molecule has 1 fully saturated rings. The molecule has 1 atom stereocenters. The van der Waals surface area contributed by atoms with Gasteiger partial charge in [0.2, 0.25) is 0 Å². The van der Waals surface area contributed by atoms with Gasteiger partial charge in [-0.2, -0.15) is 0 Å². The second-order valence-corrected chi connectivity index (χ2v) is 5.74. The number of hydrogen-bond donors (Lipinski definition) is 4. The van der Waals surface area contributed by atoms with Gasteiger partial charge >= 0.3 is 11.9 Å². The van der Waals surface area contributed by atoms with Gasteiger partial charge in [-0.15, -0.1) is 0 Å². The van der Waals surface area contributed by atoms with Crippen LogP contribution in [0.15, 0.2) is 30.3 Å². The van der Waals surface area contributed by atoms with Crippen molar-refractivity contribution in [2.45, 2.75) is 50.6 Å². The molecule has 2 rings (SSSR count). The average molecular weight is 322 g/mol. The van der Waals surface area contributed by atoms with Crippen LogP contribution in [0.5, 0.6) is 0 Å². The van der Waals surface area contributed by atoms with E-state index in [0.29, 0.717) is 12.5 Å². The van der Waals surface area contributed by atoms with Gasteiger partial charge in [-0.3, -0.25) is 9.59 Å². The van der Waals surface area contributed by atoms with Gasteiger partial charge in [-0.25, -0.2) is 0 Å². The van der Waals surface area contributed by atoms with Gasteiger partial charge in [0.25, 0.3) is 0 Å². The number of carboxylic acid groups (broad SMARTS) is 2. The Bertz CT molecular complexity index is 473. The molecule has 1 aliphatic carbocycles. The van der Waals surface area contributed by atoms with Crippen molar-refractivity contribution in [3.05, 3.63) is 35.9 Å². The topological polar surface area (TPSA) is 113 Å². The summed E-state index contributed by atoms with van der Waals surface area (Å²) < 4.78 is 0. The van der Waals surface area contributed by atoms with Crippen LogP contribution in [0, 0.1) is 0 Å². The number of benzene rings is 1. The van der Waals surface area contributed by atoms with E-state index in [-0.39, 0.29) is 6.54 Å². The van der Waals surface area contributed by atoms with Crippen molar-refractivity contribution >= 4 is 11.9 Å². The molecule has 1 saturated carbocycles. The monoisotopic (exact) mass is 322 g/mol. The molecule has 1 aliphatic rings. The van der Waals surface area contributed by atoms with E-state index in [1.807, 2.05) is 30.3 Å². The molecule has 0 saturated heterocycles. The molecular formula is C17H26N2O4. The largest absolute Gasteiger partial charge is 0.480 e. The van der Waals surface area contributed by atoms with Crippen molar-refractivity contribution in [1.29, 1.82) is 0 Å². The normalized spacial score (nSPS) is 16.0.